The van der Waals surface area contributed by atoms with Gasteiger partial charge in [-0.3, -0.25) is 14.6 Å². The second-order valence-corrected chi connectivity index (χ2v) is 6.77. The van der Waals surface area contributed by atoms with Gasteiger partial charge in [0, 0.05) is 23.6 Å². The number of carbonyl (C=O) groups excluding carboxylic acids is 2. The van der Waals surface area contributed by atoms with Gasteiger partial charge in [-0.15, -0.1) is 0 Å². The number of para-hydroxylation sites is 1. The van der Waals surface area contributed by atoms with Gasteiger partial charge in [0.25, 0.3) is 11.8 Å². The molecule has 0 radical (unpaired) electrons. The number of pyridine rings is 1. The molecule has 6 heteroatoms. The molecule has 2 aromatic rings. The Morgan fingerprint density at radius 1 is 1.08 bits per heavy atom. The van der Waals surface area contributed by atoms with Crippen molar-refractivity contribution in [3.05, 3.63) is 59.4 Å². The Kier molecular flexibility index (Phi) is 5.63. The predicted octanol–water partition coefficient (Wildman–Crippen LogP) is 0.678. The second kappa shape index (κ2) is 8.10. The third-order valence-electron chi connectivity index (χ3n) is 4.84. The van der Waals surface area contributed by atoms with E-state index in [0.717, 1.165) is 29.9 Å². The third-order valence-corrected chi connectivity index (χ3v) is 4.84. The average molecular weight is 353 g/mol. The van der Waals surface area contributed by atoms with Gasteiger partial charge < -0.3 is 15.1 Å². The van der Waals surface area contributed by atoms with Crippen molar-refractivity contribution in [1.82, 2.24) is 9.88 Å². The maximum Gasteiger partial charge on any atom is 0.279 e. The van der Waals surface area contributed by atoms with E-state index in [2.05, 4.69) is 10.3 Å². The van der Waals surface area contributed by atoms with Crippen LogP contribution < -0.4 is 10.2 Å². The molecule has 0 saturated carbocycles. The fraction of sp³-hybridized carbons (Fsp3) is 0.350. The van der Waals surface area contributed by atoms with Crippen LogP contribution in [0.5, 0.6) is 0 Å². The molecule has 1 aromatic carbocycles. The van der Waals surface area contributed by atoms with Gasteiger partial charge in [0.1, 0.15) is 0 Å². The Morgan fingerprint density at radius 2 is 1.69 bits per heavy atom. The molecule has 0 unspecified atom stereocenters. The topological polar surface area (TPSA) is 66.7 Å². The van der Waals surface area contributed by atoms with Gasteiger partial charge in [-0.2, -0.15) is 0 Å². The van der Waals surface area contributed by atoms with Crippen molar-refractivity contribution < 1.29 is 14.5 Å². The summed E-state index contributed by atoms with van der Waals surface area (Å²) in [5.41, 5.74) is 3.71. The molecule has 1 fully saturated rings. The largest absolute Gasteiger partial charge is 0.327 e. The molecular formula is C20H25N4O2+. The highest BCUT2D eigenvalue weighted by Crippen LogP contribution is 2.18. The van der Waals surface area contributed by atoms with Crippen molar-refractivity contribution in [3.63, 3.8) is 0 Å². The van der Waals surface area contributed by atoms with Gasteiger partial charge in [-0.1, -0.05) is 18.2 Å². The number of benzene rings is 1. The van der Waals surface area contributed by atoms with E-state index in [-0.39, 0.29) is 11.8 Å². The minimum atomic E-state index is 0.0197. The zero-order chi connectivity index (χ0) is 18.5. The normalized spacial score (nSPS) is 14.9. The molecule has 26 heavy (non-hydrogen) atoms. The van der Waals surface area contributed by atoms with Crippen LogP contribution >= 0.6 is 0 Å². The number of aryl methyl sites for hydroxylation is 2. The number of piperazine rings is 1. The second-order valence-electron chi connectivity index (χ2n) is 6.77. The zero-order valence-electron chi connectivity index (χ0n) is 15.3. The summed E-state index contributed by atoms with van der Waals surface area (Å²) in [6.07, 6.45) is 3.26. The number of hydrogen-bond acceptors (Lipinski definition) is 3. The van der Waals surface area contributed by atoms with Gasteiger partial charge in [0.2, 0.25) is 0 Å². The average Bonchev–Trinajstić information content (AvgIpc) is 2.66. The summed E-state index contributed by atoms with van der Waals surface area (Å²) < 4.78 is 0. The summed E-state index contributed by atoms with van der Waals surface area (Å²) >= 11 is 0. The number of amides is 2. The van der Waals surface area contributed by atoms with E-state index in [1.165, 1.54) is 4.90 Å². The Balaban J connectivity index is 1.51. The van der Waals surface area contributed by atoms with Crippen LogP contribution in [0.25, 0.3) is 0 Å². The lowest BCUT2D eigenvalue weighted by Gasteiger charge is -2.32. The molecule has 1 aliphatic heterocycles. The molecule has 1 saturated heterocycles. The van der Waals surface area contributed by atoms with Crippen LogP contribution in [0.2, 0.25) is 0 Å². The maximum absolute atomic E-state index is 12.5. The summed E-state index contributed by atoms with van der Waals surface area (Å²) in [4.78, 5) is 31.9. The van der Waals surface area contributed by atoms with Gasteiger partial charge >= 0.3 is 0 Å². The molecule has 2 N–H and O–H groups in total. The van der Waals surface area contributed by atoms with Crippen molar-refractivity contribution >= 4 is 17.5 Å². The molecular weight excluding hydrogens is 328 g/mol. The Morgan fingerprint density at radius 3 is 2.31 bits per heavy atom. The molecule has 0 bridgehead atoms. The number of anilines is 1. The fourth-order valence-electron chi connectivity index (χ4n) is 3.30. The van der Waals surface area contributed by atoms with Gasteiger partial charge in [0.05, 0.1) is 26.2 Å². The van der Waals surface area contributed by atoms with E-state index in [0.29, 0.717) is 25.2 Å². The monoisotopic (exact) mass is 353 g/mol. The summed E-state index contributed by atoms with van der Waals surface area (Å²) in [7, 11) is 0. The molecule has 0 atom stereocenters. The number of nitrogens with zero attached hydrogens (tertiary/aromatic N) is 2. The molecule has 3 rings (SSSR count). The van der Waals surface area contributed by atoms with Crippen molar-refractivity contribution in [2.75, 3.05) is 38.0 Å². The highest BCUT2D eigenvalue weighted by atomic mass is 16.2. The van der Waals surface area contributed by atoms with Crippen LogP contribution in [0.3, 0.4) is 0 Å². The van der Waals surface area contributed by atoms with E-state index < -0.39 is 0 Å². The lowest BCUT2D eigenvalue weighted by atomic mass is 10.1. The molecule has 1 aromatic heterocycles. The zero-order valence-corrected chi connectivity index (χ0v) is 15.3. The highest BCUT2D eigenvalue weighted by molar-refractivity contribution is 5.94. The van der Waals surface area contributed by atoms with E-state index in [1.54, 1.807) is 24.5 Å². The number of carbonyl (C=O) groups is 2. The molecule has 0 aliphatic carbocycles. The van der Waals surface area contributed by atoms with E-state index >= 15 is 0 Å². The molecule has 0 spiro atoms. The minimum absolute atomic E-state index is 0.0197. The quantitative estimate of drug-likeness (QED) is 0.849. The van der Waals surface area contributed by atoms with Gasteiger partial charge in [-0.25, -0.2) is 0 Å². The fourth-order valence-corrected chi connectivity index (χ4v) is 3.30. The lowest BCUT2D eigenvalue weighted by Crippen LogP contribution is -3.15. The number of nitrogens with one attached hydrogen (secondary N) is 2. The first kappa shape index (κ1) is 18.1. The van der Waals surface area contributed by atoms with Crippen molar-refractivity contribution in [2.24, 2.45) is 0 Å². The van der Waals surface area contributed by atoms with Gasteiger partial charge in [-0.05, 0) is 37.1 Å². The first-order chi connectivity index (χ1) is 12.5. The Labute approximate surface area is 153 Å². The molecule has 136 valence electrons. The van der Waals surface area contributed by atoms with Crippen molar-refractivity contribution in [3.8, 4) is 0 Å². The maximum atomic E-state index is 12.5. The smallest absolute Gasteiger partial charge is 0.279 e. The van der Waals surface area contributed by atoms with E-state index in [4.69, 9.17) is 0 Å². The predicted molar refractivity (Wildman–Crippen MR) is 100 cm³/mol. The summed E-state index contributed by atoms with van der Waals surface area (Å²) in [5.74, 6) is 0.0535. The third kappa shape index (κ3) is 4.26. The molecule has 1 aliphatic rings. The van der Waals surface area contributed by atoms with Crippen LogP contribution in [0.4, 0.5) is 5.69 Å². The summed E-state index contributed by atoms with van der Waals surface area (Å²) in [6, 6.07) is 9.46. The number of quaternary nitrogens is 1. The first-order valence-corrected chi connectivity index (χ1v) is 8.93. The minimum Gasteiger partial charge on any atom is -0.327 e. The van der Waals surface area contributed by atoms with Crippen LogP contribution in [-0.4, -0.2) is 54.4 Å². The number of rotatable bonds is 4. The van der Waals surface area contributed by atoms with Crippen LogP contribution in [0.1, 0.15) is 21.5 Å². The van der Waals surface area contributed by atoms with E-state index in [1.807, 2.05) is 36.9 Å². The van der Waals surface area contributed by atoms with Crippen molar-refractivity contribution in [1.29, 1.82) is 0 Å². The number of hydrogen-bond donors (Lipinski definition) is 2. The standard InChI is InChI=1S/C20H24N4O2/c1-15-4-3-5-16(2)19(15)22-18(25)14-23-10-12-24(13-11-23)20(26)17-6-8-21-9-7-17/h3-9H,10-14H2,1-2H3,(H,22,25)/p+1. The lowest BCUT2D eigenvalue weighted by molar-refractivity contribution is -0.895. The molecule has 2 amide bonds. The van der Waals surface area contributed by atoms with Crippen LogP contribution in [0.15, 0.2) is 42.7 Å². The van der Waals surface area contributed by atoms with Crippen LogP contribution in [-0.2, 0) is 4.79 Å². The number of aromatic nitrogens is 1. The Hall–Kier alpha value is -2.73. The Bertz CT molecular complexity index is 763. The van der Waals surface area contributed by atoms with Crippen LogP contribution in [0, 0.1) is 13.8 Å². The summed E-state index contributed by atoms with van der Waals surface area (Å²) in [5, 5.41) is 3.04. The summed E-state index contributed by atoms with van der Waals surface area (Å²) in [6.45, 7) is 7.29. The highest BCUT2D eigenvalue weighted by Gasteiger charge is 2.26. The van der Waals surface area contributed by atoms with Gasteiger partial charge in [0.15, 0.2) is 6.54 Å². The molecule has 6 nitrogen and oxygen atoms in total. The first-order valence-electron chi connectivity index (χ1n) is 8.93. The van der Waals surface area contributed by atoms with E-state index in [9.17, 15) is 9.59 Å². The molecule has 2 heterocycles. The SMILES string of the molecule is Cc1cccc(C)c1NC(=O)C[NH+]1CCN(C(=O)c2ccncc2)CC1. The van der Waals surface area contributed by atoms with Crippen molar-refractivity contribution in [2.45, 2.75) is 13.8 Å².